The largest absolute Gasteiger partial charge is 0.385 e. The summed E-state index contributed by atoms with van der Waals surface area (Å²) in [6.07, 6.45) is 0.988. The highest BCUT2D eigenvalue weighted by atomic mass is 16.5. The van der Waals surface area contributed by atoms with E-state index in [0.717, 1.165) is 37.6 Å². The van der Waals surface area contributed by atoms with E-state index < -0.39 is 0 Å². The normalized spacial score (nSPS) is 11.6. The summed E-state index contributed by atoms with van der Waals surface area (Å²) in [4.78, 5) is 2.09. The van der Waals surface area contributed by atoms with Gasteiger partial charge in [0.15, 0.2) is 5.82 Å². The summed E-state index contributed by atoms with van der Waals surface area (Å²) in [7, 11) is 3.74. The van der Waals surface area contributed by atoms with Gasteiger partial charge in [0.05, 0.1) is 5.69 Å². The molecule has 1 aromatic rings. The molecule has 0 spiro atoms. The third-order valence-electron chi connectivity index (χ3n) is 2.74. The molecule has 0 aromatic carbocycles. The van der Waals surface area contributed by atoms with Crippen LogP contribution in [0.5, 0.6) is 0 Å². The molecule has 1 N–H and O–H groups in total. The van der Waals surface area contributed by atoms with Crippen LogP contribution in [0.25, 0.3) is 0 Å². The number of nitrogens with zero attached hydrogens (tertiary/aromatic N) is 3. The maximum absolute atomic E-state index is 5.04. The summed E-state index contributed by atoms with van der Waals surface area (Å²) in [6, 6.07) is 4.04. The van der Waals surface area contributed by atoms with Gasteiger partial charge in [0.1, 0.15) is 0 Å². The second-order valence-corrected chi connectivity index (χ2v) is 5.75. The van der Waals surface area contributed by atoms with E-state index in [9.17, 15) is 0 Å². The van der Waals surface area contributed by atoms with E-state index in [1.54, 1.807) is 7.11 Å². The number of hydrogen-bond donors (Lipinski definition) is 1. The van der Waals surface area contributed by atoms with Crippen LogP contribution in [0.15, 0.2) is 12.1 Å². The van der Waals surface area contributed by atoms with Crippen molar-refractivity contribution in [2.24, 2.45) is 0 Å². The van der Waals surface area contributed by atoms with Gasteiger partial charge in [-0.15, -0.1) is 5.10 Å². The Morgan fingerprint density at radius 2 is 2.00 bits per heavy atom. The van der Waals surface area contributed by atoms with Gasteiger partial charge in [-0.05, 0) is 39.3 Å². The van der Waals surface area contributed by atoms with Crippen LogP contribution >= 0.6 is 0 Å². The summed E-state index contributed by atoms with van der Waals surface area (Å²) < 4.78 is 5.04. The molecule has 19 heavy (non-hydrogen) atoms. The van der Waals surface area contributed by atoms with E-state index in [4.69, 9.17) is 4.74 Å². The lowest BCUT2D eigenvalue weighted by Crippen LogP contribution is -2.35. The van der Waals surface area contributed by atoms with Gasteiger partial charge < -0.3 is 15.0 Å². The summed E-state index contributed by atoms with van der Waals surface area (Å²) in [5.41, 5.74) is 1.06. The summed E-state index contributed by atoms with van der Waals surface area (Å²) >= 11 is 0. The van der Waals surface area contributed by atoms with Gasteiger partial charge in [-0.3, -0.25) is 0 Å². The smallest absolute Gasteiger partial charge is 0.150 e. The molecule has 108 valence electrons. The first-order valence-electron chi connectivity index (χ1n) is 6.70. The first-order chi connectivity index (χ1) is 8.92. The summed E-state index contributed by atoms with van der Waals surface area (Å²) in [6.45, 7) is 8.84. The molecular formula is C14H26N4O. The lowest BCUT2D eigenvalue weighted by molar-refractivity contribution is 0.196. The molecule has 5 nitrogen and oxygen atoms in total. The average Bonchev–Trinajstić information content (AvgIpc) is 2.36. The van der Waals surface area contributed by atoms with Crippen molar-refractivity contribution >= 4 is 5.82 Å². The van der Waals surface area contributed by atoms with Crippen molar-refractivity contribution in [3.63, 3.8) is 0 Å². The molecule has 0 aliphatic heterocycles. The highest BCUT2D eigenvalue weighted by Gasteiger charge is 2.09. The van der Waals surface area contributed by atoms with Crippen LogP contribution < -0.4 is 10.2 Å². The van der Waals surface area contributed by atoms with Crippen molar-refractivity contribution in [2.45, 2.75) is 39.3 Å². The van der Waals surface area contributed by atoms with Crippen LogP contribution in [-0.4, -0.2) is 43.0 Å². The molecular weight excluding hydrogens is 240 g/mol. The molecule has 0 saturated heterocycles. The van der Waals surface area contributed by atoms with Crippen LogP contribution in [0.4, 0.5) is 5.82 Å². The number of rotatable bonds is 7. The Hall–Kier alpha value is -1.20. The standard InChI is InChI=1S/C14H26N4O/c1-14(2,3)15-11-12-7-8-13(17-16-12)18(4)9-6-10-19-5/h7-8,15H,6,9-11H2,1-5H3. The third-order valence-corrected chi connectivity index (χ3v) is 2.74. The number of aromatic nitrogens is 2. The Balaban J connectivity index is 2.46. The fraction of sp³-hybridized carbons (Fsp3) is 0.714. The third kappa shape index (κ3) is 6.50. The minimum absolute atomic E-state index is 0.0945. The predicted octanol–water partition coefficient (Wildman–Crippen LogP) is 1.84. The van der Waals surface area contributed by atoms with Crippen molar-refractivity contribution in [1.29, 1.82) is 0 Å². The van der Waals surface area contributed by atoms with Gasteiger partial charge in [0, 0.05) is 39.4 Å². The topological polar surface area (TPSA) is 50.3 Å². The second kappa shape index (κ2) is 7.40. The first kappa shape index (κ1) is 15.9. The molecule has 0 amide bonds. The number of anilines is 1. The van der Waals surface area contributed by atoms with E-state index in [0.29, 0.717) is 0 Å². The van der Waals surface area contributed by atoms with Gasteiger partial charge in [0.2, 0.25) is 0 Å². The highest BCUT2D eigenvalue weighted by molar-refractivity contribution is 5.35. The van der Waals surface area contributed by atoms with E-state index in [-0.39, 0.29) is 5.54 Å². The Morgan fingerprint density at radius 3 is 2.53 bits per heavy atom. The highest BCUT2D eigenvalue weighted by Crippen LogP contribution is 2.08. The lowest BCUT2D eigenvalue weighted by Gasteiger charge is -2.20. The molecule has 0 aliphatic carbocycles. The summed E-state index contributed by atoms with van der Waals surface area (Å²) in [5, 5.41) is 11.9. The SMILES string of the molecule is COCCCN(C)c1ccc(CNC(C)(C)C)nn1. The molecule has 0 saturated carbocycles. The number of nitrogens with one attached hydrogen (secondary N) is 1. The molecule has 0 unspecified atom stereocenters. The fourth-order valence-corrected chi connectivity index (χ4v) is 1.57. The molecule has 0 atom stereocenters. The van der Waals surface area contributed by atoms with Crippen molar-refractivity contribution < 1.29 is 4.74 Å². The van der Waals surface area contributed by atoms with Crippen molar-refractivity contribution in [3.8, 4) is 0 Å². The monoisotopic (exact) mass is 266 g/mol. The van der Waals surface area contributed by atoms with E-state index in [1.807, 2.05) is 19.2 Å². The Morgan fingerprint density at radius 1 is 1.26 bits per heavy atom. The van der Waals surface area contributed by atoms with E-state index in [2.05, 4.69) is 41.2 Å². The average molecular weight is 266 g/mol. The minimum atomic E-state index is 0.0945. The fourth-order valence-electron chi connectivity index (χ4n) is 1.57. The van der Waals surface area contributed by atoms with Crippen LogP contribution in [-0.2, 0) is 11.3 Å². The van der Waals surface area contributed by atoms with Gasteiger partial charge in [-0.1, -0.05) is 0 Å². The lowest BCUT2D eigenvalue weighted by atomic mass is 10.1. The van der Waals surface area contributed by atoms with Crippen LogP contribution in [0.3, 0.4) is 0 Å². The molecule has 1 aromatic heterocycles. The van der Waals surface area contributed by atoms with Gasteiger partial charge in [0.25, 0.3) is 0 Å². The van der Waals surface area contributed by atoms with Crippen LogP contribution in [0.1, 0.15) is 32.9 Å². The molecule has 0 aliphatic rings. The maximum Gasteiger partial charge on any atom is 0.150 e. The molecule has 5 heteroatoms. The zero-order chi connectivity index (χ0) is 14.3. The van der Waals surface area contributed by atoms with Crippen LogP contribution in [0.2, 0.25) is 0 Å². The van der Waals surface area contributed by atoms with E-state index in [1.165, 1.54) is 0 Å². The summed E-state index contributed by atoms with van der Waals surface area (Å²) in [5.74, 6) is 0.899. The molecule has 1 heterocycles. The van der Waals surface area contributed by atoms with Gasteiger partial charge in [-0.2, -0.15) is 5.10 Å². The molecule has 0 bridgehead atoms. The first-order valence-corrected chi connectivity index (χ1v) is 6.70. The quantitative estimate of drug-likeness (QED) is 0.763. The zero-order valence-corrected chi connectivity index (χ0v) is 12.7. The van der Waals surface area contributed by atoms with Crippen LogP contribution in [0, 0.1) is 0 Å². The Kier molecular flexibility index (Phi) is 6.18. The van der Waals surface area contributed by atoms with Crippen molar-refractivity contribution in [2.75, 3.05) is 32.2 Å². The molecule has 0 fully saturated rings. The number of hydrogen-bond acceptors (Lipinski definition) is 5. The Bertz CT molecular complexity index is 359. The second-order valence-electron chi connectivity index (χ2n) is 5.75. The number of ether oxygens (including phenoxy) is 1. The van der Waals surface area contributed by atoms with Crippen molar-refractivity contribution in [3.05, 3.63) is 17.8 Å². The molecule has 0 radical (unpaired) electrons. The van der Waals surface area contributed by atoms with Crippen molar-refractivity contribution in [1.82, 2.24) is 15.5 Å². The van der Waals surface area contributed by atoms with E-state index >= 15 is 0 Å². The zero-order valence-electron chi connectivity index (χ0n) is 12.7. The molecule has 1 rings (SSSR count). The Labute approximate surface area is 116 Å². The van der Waals surface area contributed by atoms with Gasteiger partial charge in [-0.25, -0.2) is 0 Å². The van der Waals surface area contributed by atoms with Gasteiger partial charge >= 0.3 is 0 Å². The minimum Gasteiger partial charge on any atom is -0.385 e. The maximum atomic E-state index is 5.04. The predicted molar refractivity (Wildman–Crippen MR) is 78.4 cm³/mol. The number of methoxy groups -OCH3 is 1.